The van der Waals surface area contributed by atoms with Crippen LogP contribution in [0.5, 0.6) is 0 Å². The van der Waals surface area contributed by atoms with E-state index < -0.39 is 0 Å². The van der Waals surface area contributed by atoms with Crippen LogP contribution >= 0.6 is 0 Å². The topological polar surface area (TPSA) is 55.6 Å². The Morgan fingerprint density at radius 2 is 1.89 bits per heavy atom. The Bertz CT molecular complexity index is 383. The molecule has 1 saturated heterocycles. The third kappa shape index (κ3) is 3.31. The van der Waals surface area contributed by atoms with Crippen LogP contribution in [0.4, 0.5) is 5.69 Å². The van der Waals surface area contributed by atoms with Crippen molar-refractivity contribution < 1.29 is 9.53 Å². The van der Waals surface area contributed by atoms with Gasteiger partial charge < -0.3 is 15.4 Å². The first kappa shape index (κ1) is 13.1. The van der Waals surface area contributed by atoms with Crippen molar-refractivity contribution >= 4 is 11.5 Å². The molecule has 1 aromatic rings. The van der Waals surface area contributed by atoms with Gasteiger partial charge in [0.1, 0.15) is 0 Å². The molecule has 1 aliphatic rings. The van der Waals surface area contributed by atoms with Crippen LogP contribution in [0.3, 0.4) is 0 Å². The van der Waals surface area contributed by atoms with Gasteiger partial charge in [-0.05, 0) is 37.2 Å². The van der Waals surface area contributed by atoms with E-state index in [1.807, 2.05) is 24.3 Å². The van der Waals surface area contributed by atoms with Crippen LogP contribution in [0.25, 0.3) is 0 Å². The molecule has 1 aliphatic heterocycles. The van der Waals surface area contributed by atoms with Gasteiger partial charge in [0, 0.05) is 30.8 Å². The molecule has 0 radical (unpaired) electrons. The van der Waals surface area contributed by atoms with Crippen molar-refractivity contribution in [2.24, 2.45) is 5.73 Å². The highest BCUT2D eigenvalue weighted by Gasteiger charge is 2.11. The molecule has 0 saturated carbocycles. The third-order valence-electron chi connectivity index (χ3n) is 3.17. The molecular weight excluding hydrogens is 228 g/mol. The van der Waals surface area contributed by atoms with Crippen molar-refractivity contribution in [1.29, 1.82) is 0 Å². The molecule has 4 heteroatoms. The number of nitrogens with zero attached hydrogens (tertiary/aromatic N) is 1. The second kappa shape index (κ2) is 6.52. The molecule has 0 aliphatic carbocycles. The molecule has 98 valence electrons. The van der Waals surface area contributed by atoms with Crippen molar-refractivity contribution in [3.05, 3.63) is 29.8 Å². The fourth-order valence-electron chi connectivity index (χ4n) is 2.09. The summed E-state index contributed by atoms with van der Waals surface area (Å²) in [7, 11) is 0. The summed E-state index contributed by atoms with van der Waals surface area (Å²) in [4.78, 5) is 14.1. The number of rotatable bonds is 5. The number of carbonyl (C=O) groups is 1. The fraction of sp³-hybridized carbons (Fsp3) is 0.500. The standard InChI is InChI=1S/C14H20N2O2/c15-7-1-2-14(17)12-3-5-13(6-4-12)16-8-10-18-11-9-16/h3-6H,1-2,7-11,15H2. The zero-order chi connectivity index (χ0) is 12.8. The van der Waals surface area contributed by atoms with E-state index in [0.717, 1.165) is 44.0 Å². The van der Waals surface area contributed by atoms with E-state index in [1.165, 1.54) is 0 Å². The highest BCUT2D eigenvalue weighted by molar-refractivity contribution is 5.96. The van der Waals surface area contributed by atoms with Gasteiger partial charge >= 0.3 is 0 Å². The minimum Gasteiger partial charge on any atom is -0.378 e. The lowest BCUT2D eigenvalue weighted by Crippen LogP contribution is -2.36. The highest BCUT2D eigenvalue weighted by atomic mass is 16.5. The monoisotopic (exact) mass is 248 g/mol. The second-order valence-electron chi connectivity index (χ2n) is 4.46. The molecule has 0 unspecified atom stereocenters. The zero-order valence-corrected chi connectivity index (χ0v) is 10.6. The number of benzene rings is 1. The van der Waals surface area contributed by atoms with Gasteiger partial charge in [-0.3, -0.25) is 4.79 Å². The Kier molecular flexibility index (Phi) is 4.73. The average Bonchev–Trinajstić information content (AvgIpc) is 2.46. The molecular formula is C14H20N2O2. The van der Waals surface area contributed by atoms with Gasteiger partial charge in [-0.1, -0.05) is 0 Å². The number of Topliss-reactive ketones (excluding diaryl/α,β-unsaturated/α-hetero) is 1. The first-order valence-corrected chi connectivity index (χ1v) is 6.47. The second-order valence-corrected chi connectivity index (χ2v) is 4.46. The van der Waals surface area contributed by atoms with Gasteiger partial charge in [0.25, 0.3) is 0 Å². The molecule has 1 fully saturated rings. The van der Waals surface area contributed by atoms with Crippen molar-refractivity contribution in [2.75, 3.05) is 37.7 Å². The molecule has 2 rings (SSSR count). The number of morpholine rings is 1. The molecule has 4 nitrogen and oxygen atoms in total. The van der Waals surface area contributed by atoms with Crippen LogP contribution in [0.2, 0.25) is 0 Å². The van der Waals surface area contributed by atoms with Crippen molar-refractivity contribution in [3.8, 4) is 0 Å². The summed E-state index contributed by atoms with van der Waals surface area (Å²) in [5, 5.41) is 0. The minimum absolute atomic E-state index is 0.175. The maximum absolute atomic E-state index is 11.8. The Hall–Kier alpha value is -1.39. The zero-order valence-electron chi connectivity index (χ0n) is 10.6. The molecule has 18 heavy (non-hydrogen) atoms. The number of anilines is 1. The molecule has 1 heterocycles. The molecule has 0 spiro atoms. The Morgan fingerprint density at radius 1 is 1.22 bits per heavy atom. The summed E-state index contributed by atoms with van der Waals surface area (Å²) in [6.45, 7) is 3.95. The van der Waals surface area contributed by atoms with E-state index in [1.54, 1.807) is 0 Å². The number of hydrogen-bond donors (Lipinski definition) is 1. The summed E-state index contributed by atoms with van der Waals surface area (Å²) in [6.07, 6.45) is 1.29. The lowest BCUT2D eigenvalue weighted by Gasteiger charge is -2.28. The maximum Gasteiger partial charge on any atom is 0.162 e. The van der Waals surface area contributed by atoms with Gasteiger partial charge in [0.05, 0.1) is 13.2 Å². The van der Waals surface area contributed by atoms with E-state index in [-0.39, 0.29) is 5.78 Å². The number of hydrogen-bond acceptors (Lipinski definition) is 4. The lowest BCUT2D eigenvalue weighted by molar-refractivity contribution is 0.0980. The normalized spacial score (nSPS) is 15.7. The quantitative estimate of drug-likeness (QED) is 0.801. The SMILES string of the molecule is NCCCC(=O)c1ccc(N2CCOCC2)cc1. The molecule has 0 amide bonds. The van der Waals surface area contributed by atoms with Gasteiger partial charge in [0.15, 0.2) is 5.78 Å². The third-order valence-corrected chi connectivity index (χ3v) is 3.17. The van der Waals surface area contributed by atoms with Gasteiger partial charge in [-0.25, -0.2) is 0 Å². The van der Waals surface area contributed by atoms with Crippen LogP contribution in [-0.4, -0.2) is 38.6 Å². The maximum atomic E-state index is 11.8. The van der Waals surface area contributed by atoms with Gasteiger partial charge in [0.2, 0.25) is 0 Å². The van der Waals surface area contributed by atoms with Crippen LogP contribution in [0.1, 0.15) is 23.2 Å². The number of nitrogens with two attached hydrogens (primary N) is 1. The van der Waals surface area contributed by atoms with E-state index in [0.29, 0.717) is 13.0 Å². The molecule has 0 atom stereocenters. The summed E-state index contributed by atoms with van der Waals surface area (Å²) in [5.41, 5.74) is 7.34. The lowest BCUT2D eigenvalue weighted by atomic mass is 10.1. The Labute approximate surface area is 108 Å². The van der Waals surface area contributed by atoms with Crippen molar-refractivity contribution in [1.82, 2.24) is 0 Å². The summed E-state index contributed by atoms with van der Waals surface area (Å²) < 4.78 is 5.32. The number of carbonyl (C=O) groups excluding carboxylic acids is 1. The van der Waals surface area contributed by atoms with Crippen molar-refractivity contribution in [3.63, 3.8) is 0 Å². The predicted octanol–water partition coefficient (Wildman–Crippen LogP) is 1.44. The van der Waals surface area contributed by atoms with Crippen molar-refractivity contribution in [2.45, 2.75) is 12.8 Å². The first-order valence-electron chi connectivity index (χ1n) is 6.47. The Morgan fingerprint density at radius 3 is 2.50 bits per heavy atom. The smallest absolute Gasteiger partial charge is 0.162 e. The van der Waals surface area contributed by atoms with Gasteiger partial charge in [-0.15, -0.1) is 0 Å². The number of ether oxygens (including phenoxy) is 1. The van der Waals surface area contributed by atoms with Gasteiger partial charge in [-0.2, -0.15) is 0 Å². The predicted molar refractivity (Wildman–Crippen MR) is 72.1 cm³/mol. The molecule has 1 aromatic carbocycles. The fourth-order valence-corrected chi connectivity index (χ4v) is 2.09. The first-order chi connectivity index (χ1) is 8.81. The van der Waals surface area contributed by atoms with Crippen LogP contribution in [0.15, 0.2) is 24.3 Å². The van der Waals surface area contributed by atoms with E-state index in [9.17, 15) is 4.79 Å². The average molecular weight is 248 g/mol. The minimum atomic E-state index is 0.175. The summed E-state index contributed by atoms with van der Waals surface area (Å²) in [5.74, 6) is 0.175. The largest absolute Gasteiger partial charge is 0.378 e. The Balaban J connectivity index is 1.98. The highest BCUT2D eigenvalue weighted by Crippen LogP contribution is 2.17. The van der Waals surface area contributed by atoms with Crippen LogP contribution < -0.4 is 10.6 Å². The van der Waals surface area contributed by atoms with E-state index in [2.05, 4.69) is 4.90 Å². The molecule has 0 bridgehead atoms. The van der Waals surface area contributed by atoms with Crippen LogP contribution in [-0.2, 0) is 4.74 Å². The number of ketones is 1. The van der Waals surface area contributed by atoms with Crippen LogP contribution in [0, 0.1) is 0 Å². The summed E-state index contributed by atoms with van der Waals surface area (Å²) in [6, 6.07) is 7.84. The summed E-state index contributed by atoms with van der Waals surface area (Å²) >= 11 is 0. The molecule has 0 aromatic heterocycles. The van der Waals surface area contributed by atoms with E-state index >= 15 is 0 Å². The van der Waals surface area contributed by atoms with E-state index in [4.69, 9.17) is 10.5 Å². The molecule has 2 N–H and O–H groups in total.